The average molecular weight is 250 g/mol. The number of carbonyl (C=O) groups is 1. The Morgan fingerprint density at radius 1 is 1.28 bits per heavy atom. The van der Waals surface area contributed by atoms with Gasteiger partial charge >= 0.3 is 5.97 Å². The molecule has 18 heavy (non-hydrogen) atoms. The molecule has 0 aromatic heterocycles. The minimum Gasteiger partial charge on any atom is -0.481 e. The highest BCUT2D eigenvalue weighted by atomic mass is 16.4. The first-order valence-corrected chi connectivity index (χ1v) is 7.86. The molecular formula is C16H26O2. The second kappa shape index (κ2) is 4.54. The molecule has 3 rings (SSSR count). The van der Waals surface area contributed by atoms with Crippen molar-refractivity contribution in [1.29, 1.82) is 0 Å². The van der Waals surface area contributed by atoms with Gasteiger partial charge in [0.15, 0.2) is 0 Å². The van der Waals surface area contributed by atoms with Crippen molar-refractivity contribution in [2.24, 2.45) is 29.1 Å². The zero-order valence-electron chi connectivity index (χ0n) is 11.5. The molecule has 0 saturated heterocycles. The summed E-state index contributed by atoms with van der Waals surface area (Å²) in [6.07, 6.45) is 10.7. The van der Waals surface area contributed by atoms with E-state index < -0.39 is 5.97 Å². The maximum absolute atomic E-state index is 11.8. The number of carboxylic acids is 1. The van der Waals surface area contributed by atoms with Gasteiger partial charge in [-0.05, 0) is 68.6 Å². The van der Waals surface area contributed by atoms with Gasteiger partial charge in [0.2, 0.25) is 0 Å². The summed E-state index contributed by atoms with van der Waals surface area (Å²) in [5.74, 6) is 2.71. The van der Waals surface area contributed by atoms with Crippen LogP contribution in [0.4, 0.5) is 0 Å². The van der Waals surface area contributed by atoms with Crippen LogP contribution in [0.25, 0.3) is 0 Å². The van der Waals surface area contributed by atoms with Crippen LogP contribution in [0, 0.1) is 29.1 Å². The molecule has 0 heterocycles. The summed E-state index contributed by atoms with van der Waals surface area (Å²) in [6.45, 7) is 2.21. The molecule has 5 atom stereocenters. The van der Waals surface area contributed by atoms with Crippen LogP contribution in [-0.2, 0) is 4.79 Å². The zero-order valence-corrected chi connectivity index (χ0v) is 11.5. The highest BCUT2D eigenvalue weighted by Gasteiger charge is 2.49. The van der Waals surface area contributed by atoms with Crippen molar-refractivity contribution in [3.63, 3.8) is 0 Å². The molecule has 3 aliphatic rings. The minimum atomic E-state index is -0.499. The van der Waals surface area contributed by atoms with Gasteiger partial charge in [-0.1, -0.05) is 19.8 Å². The van der Waals surface area contributed by atoms with E-state index in [0.29, 0.717) is 5.92 Å². The summed E-state index contributed by atoms with van der Waals surface area (Å²) in [6, 6.07) is 0. The van der Waals surface area contributed by atoms with Gasteiger partial charge in [0.05, 0.1) is 5.41 Å². The van der Waals surface area contributed by atoms with Crippen LogP contribution in [0.5, 0.6) is 0 Å². The predicted molar refractivity (Wildman–Crippen MR) is 71.3 cm³/mol. The third-order valence-corrected chi connectivity index (χ3v) is 6.28. The molecule has 0 aromatic rings. The number of rotatable bonds is 4. The van der Waals surface area contributed by atoms with Crippen LogP contribution < -0.4 is 0 Å². The summed E-state index contributed by atoms with van der Waals surface area (Å²) in [5, 5.41) is 9.71. The first-order chi connectivity index (χ1) is 8.63. The van der Waals surface area contributed by atoms with Gasteiger partial charge in [-0.3, -0.25) is 4.79 Å². The van der Waals surface area contributed by atoms with Gasteiger partial charge in [-0.2, -0.15) is 0 Å². The van der Waals surface area contributed by atoms with Crippen molar-refractivity contribution >= 4 is 5.97 Å². The Kier molecular flexibility index (Phi) is 3.15. The lowest BCUT2D eigenvalue weighted by atomic mass is 9.72. The van der Waals surface area contributed by atoms with E-state index in [1.54, 1.807) is 0 Å². The third kappa shape index (κ3) is 1.98. The fourth-order valence-electron chi connectivity index (χ4n) is 5.18. The normalized spacial score (nSPS) is 46.7. The SMILES string of the molecule is CCC1CCC(CC2CC3CCC2C3)(C(=O)O)C1. The van der Waals surface area contributed by atoms with Crippen molar-refractivity contribution < 1.29 is 9.90 Å². The number of hydrogen-bond donors (Lipinski definition) is 1. The van der Waals surface area contributed by atoms with Crippen LogP contribution in [0.15, 0.2) is 0 Å². The predicted octanol–water partition coefficient (Wildman–Crippen LogP) is 4.09. The number of fused-ring (bicyclic) bond motifs is 2. The fourth-order valence-corrected chi connectivity index (χ4v) is 5.18. The molecule has 0 aromatic carbocycles. The van der Waals surface area contributed by atoms with Crippen molar-refractivity contribution in [2.75, 3.05) is 0 Å². The van der Waals surface area contributed by atoms with Crippen LogP contribution in [0.2, 0.25) is 0 Å². The largest absolute Gasteiger partial charge is 0.481 e. The van der Waals surface area contributed by atoms with Gasteiger partial charge in [0.1, 0.15) is 0 Å². The highest BCUT2D eigenvalue weighted by molar-refractivity contribution is 5.75. The summed E-state index contributed by atoms with van der Waals surface area (Å²) < 4.78 is 0. The van der Waals surface area contributed by atoms with Crippen LogP contribution >= 0.6 is 0 Å². The van der Waals surface area contributed by atoms with Crippen LogP contribution in [0.3, 0.4) is 0 Å². The second-order valence-corrected chi connectivity index (χ2v) is 7.24. The van der Waals surface area contributed by atoms with E-state index in [2.05, 4.69) is 6.92 Å². The molecule has 0 aliphatic heterocycles. The number of aliphatic carboxylic acids is 1. The first kappa shape index (κ1) is 12.5. The average Bonchev–Trinajstić information content (AvgIpc) is 3.03. The maximum atomic E-state index is 11.8. The molecule has 0 spiro atoms. The molecule has 3 aliphatic carbocycles. The highest BCUT2D eigenvalue weighted by Crippen LogP contribution is 2.55. The monoisotopic (exact) mass is 250 g/mol. The molecule has 2 nitrogen and oxygen atoms in total. The molecule has 3 saturated carbocycles. The molecule has 3 fully saturated rings. The Morgan fingerprint density at radius 3 is 2.61 bits per heavy atom. The van der Waals surface area contributed by atoms with Crippen molar-refractivity contribution in [1.82, 2.24) is 0 Å². The Hall–Kier alpha value is -0.530. The molecule has 1 N–H and O–H groups in total. The van der Waals surface area contributed by atoms with E-state index in [4.69, 9.17) is 0 Å². The van der Waals surface area contributed by atoms with Crippen molar-refractivity contribution in [3.05, 3.63) is 0 Å². The lowest BCUT2D eigenvalue weighted by molar-refractivity contribution is -0.150. The fraction of sp³-hybridized carbons (Fsp3) is 0.938. The summed E-state index contributed by atoms with van der Waals surface area (Å²) >= 11 is 0. The summed E-state index contributed by atoms with van der Waals surface area (Å²) in [5.41, 5.74) is -0.351. The Labute approximate surface area is 110 Å². The van der Waals surface area contributed by atoms with Gasteiger partial charge in [-0.15, -0.1) is 0 Å². The number of hydrogen-bond acceptors (Lipinski definition) is 1. The summed E-state index contributed by atoms with van der Waals surface area (Å²) in [4.78, 5) is 11.8. The minimum absolute atomic E-state index is 0.351. The van der Waals surface area contributed by atoms with E-state index in [1.807, 2.05) is 0 Å². The van der Waals surface area contributed by atoms with Crippen LogP contribution in [-0.4, -0.2) is 11.1 Å². The quantitative estimate of drug-likeness (QED) is 0.815. The molecule has 2 heteroatoms. The van der Waals surface area contributed by atoms with E-state index in [-0.39, 0.29) is 5.41 Å². The van der Waals surface area contributed by atoms with Gasteiger partial charge in [0, 0.05) is 0 Å². The Morgan fingerprint density at radius 2 is 2.11 bits per heavy atom. The van der Waals surface area contributed by atoms with E-state index in [1.165, 1.54) is 25.7 Å². The molecule has 5 unspecified atom stereocenters. The van der Waals surface area contributed by atoms with Crippen molar-refractivity contribution in [3.8, 4) is 0 Å². The zero-order chi connectivity index (χ0) is 12.8. The second-order valence-electron chi connectivity index (χ2n) is 7.24. The lowest BCUT2D eigenvalue weighted by Gasteiger charge is -2.31. The maximum Gasteiger partial charge on any atom is 0.309 e. The number of carboxylic acid groups (broad SMARTS) is 1. The topological polar surface area (TPSA) is 37.3 Å². The van der Waals surface area contributed by atoms with Gasteiger partial charge < -0.3 is 5.11 Å². The first-order valence-electron chi connectivity index (χ1n) is 7.86. The van der Waals surface area contributed by atoms with E-state index >= 15 is 0 Å². The van der Waals surface area contributed by atoms with Gasteiger partial charge in [0.25, 0.3) is 0 Å². The molecule has 0 radical (unpaired) electrons. The summed E-state index contributed by atoms with van der Waals surface area (Å²) in [7, 11) is 0. The molecular weight excluding hydrogens is 224 g/mol. The van der Waals surface area contributed by atoms with E-state index in [0.717, 1.165) is 49.9 Å². The Balaban J connectivity index is 1.70. The molecule has 102 valence electrons. The standard InChI is InChI=1S/C16H26O2/c1-2-11-5-6-16(9-11,15(17)18)10-14-8-12-3-4-13(14)7-12/h11-14H,2-10H2,1H3,(H,17,18). The Bertz CT molecular complexity index is 338. The van der Waals surface area contributed by atoms with Crippen molar-refractivity contribution in [2.45, 2.75) is 64.7 Å². The van der Waals surface area contributed by atoms with Gasteiger partial charge in [-0.25, -0.2) is 0 Å². The lowest BCUT2D eigenvalue weighted by Crippen LogP contribution is -2.32. The third-order valence-electron chi connectivity index (χ3n) is 6.28. The smallest absolute Gasteiger partial charge is 0.309 e. The molecule has 2 bridgehead atoms. The molecule has 0 amide bonds. The van der Waals surface area contributed by atoms with Crippen LogP contribution in [0.1, 0.15) is 64.7 Å². The van der Waals surface area contributed by atoms with E-state index in [9.17, 15) is 9.90 Å².